The van der Waals surface area contributed by atoms with Gasteiger partial charge < -0.3 is 4.90 Å². The van der Waals surface area contributed by atoms with Crippen molar-refractivity contribution >= 4 is 0 Å². The second-order valence-corrected chi connectivity index (χ2v) is 5.92. The highest BCUT2D eigenvalue weighted by atomic mass is 15.2. The molecule has 1 aliphatic carbocycles. The Labute approximate surface area is 107 Å². The molecule has 0 aromatic heterocycles. The lowest BCUT2D eigenvalue weighted by Crippen LogP contribution is -2.32. The zero-order valence-corrected chi connectivity index (χ0v) is 11.5. The minimum absolute atomic E-state index is 0.720. The van der Waals surface area contributed by atoms with Crippen molar-refractivity contribution in [1.82, 2.24) is 4.90 Å². The fourth-order valence-corrected chi connectivity index (χ4v) is 3.37. The van der Waals surface area contributed by atoms with Gasteiger partial charge in [0.05, 0.1) is 0 Å². The first kappa shape index (κ1) is 12.7. The molecule has 0 bridgehead atoms. The smallest absolute Gasteiger partial charge is 0.0262 e. The summed E-state index contributed by atoms with van der Waals surface area (Å²) in [5.74, 6) is 1.69. The molecular weight excluding hydrogens is 206 g/mol. The highest BCUT2D eigenvalue weighted by Gasteiger charge is 2.26. The molecule has 1 saturated heterocycles. The average molecular weight is 233 g/mol. The monoisotopic (exact) mass is 233 g/mol. The van der Waals surface area contributed by atoms with E-state index in [1.54, 1.807) is 0 Å². The Hall–Kier alpha value is -0.720. The van der Waals surface area contributed by atoms with Crippen LogP contribution in [-0.2, 0) is 0 Å². The fourth-order valence-electron chi connectivity index (χ4n) is 3.37. The standard InChI is InChI=1S/C16H27N/c1-4-6-15-7-5-8-16(11-15)12-17-13(2)9-10-14(17)3/h5,7,14-16H,2,4,6,8-12H2,1,3H3. The minimum atomic E-state index is 0.720. The molecule has 1 heteroatoms. The Morgan fingerprint density at radius 1 is 1.47 bits per heavy atom. The summed E-state index contributed by atoms with van der Waals surface area (Å²) in [5, 5.41) is 0. The summed E-state index contributed by atoms with van der Waals surface area (Å²) in [6.07, 6.45) is 12.7. The predicted octanol–water partition coefficient (Wildman–Crippen LogP) is 4.37. The number of hydrogen-bond donors (Lipinski definition) is 0. The molecule has 1 aliphatic heterocycles. The van der Waals surface area contributed by atoms with Crippen molar-refractivity contribution in [3.63, 3.8) is 0 Å². The molecule has 0 spiro atoms. The van der Waals surface area contributed by atoms with Crippen LogP contribution in [0.1, 0.15) is 52.4 Å². The van der Waals surface area contributed by atoms with Gasteiger partial charge in [-0.3, -0.25) is 0 Å². The van der Waals surface area contributed by atoms with Gasteiger partial charge in [-0.1, -0.05) is 32.1 Å². The molecule has 0 amide bonds. The van der Waals surface area contributed by atoms with Crippen LogP contribution in [0, 0.1) is 11.8 Å². The van der Waals surface area contributed by atoms with Crippen molar-refractivity contribution < 1.29 is 0 Å². The Morgan fingerprint density at radius 2 is 2.29 bits per heavy atom. The maximum absolute atomic E-state index is 4.21. The van der Waals surface area contributed by atoms with Crippen LogP contribution in [0.25, 0.3) is 0 Å². The Morgan fingerprint density at radius 3 is 2.94 bits per heavy atom. The Kier molecular flexibility index (Phi) is 4.31. The summed E-state index contributed by atoms with van der Waals surface area (Å²) in [4.78, 5) is 2.56. The first-order chi connectivity index (χ1) is 8.20. The first-order valence-corrected chi connectivity index (χ1v) is 7.31. The zero-order valence-electron chi connectivity index (χ0n) is 11.5. The van der Waals surface area contributed by atoms with Crippen LogP contribution in [0.4, 0.5) is 0 Å². The third kappa shape index (κ3) is 3.14. The lowest BCUT2D eigenvalue weighted by Gasteiger charge is -2.32. The average Bonchev–Trinajstić information content (AvgIpc) is 2.62. The van der Waals surface area contributed by atoms with E-state index in [1.807, 2.05) is 0 Å². The maximum Gasteiger partial charge on any atom is 0.0262 e. The van der Waals surface area contributed by atoms with Crippen LogP contribution in [0.15, 0.2) is 24.4 Å². The molecule has 0 N–H and O–H groups in total. The minimum Gasteiger partial charge on any atom is -0.372 e. The molecule has 3 atom stereocenters. The molecule has 1 fully saturated rings. The molecule has 0 radical (unpaired) electrons. The van der Waals surface area contributed by atoms with Gasteiger partial charge in [-0.15, -0.1) is 0 Å². The molecule has 0 saturated carbocycles. The third-order valence-electron chi connectivity index (χ3n) is 4.42. The summed E-state index contributed by atoms with van der Waals surface area (Å²) >= 11 is 0. The van der Waals surface area contributed by atoms with Gasteiger partial charge in [-0.25, -0.2) is 0 Å². The lowest BCUT2D eigenvalue weighted by atomic mass is 9.84. The van der Waals surface area contributed by atoms with Gasteiger partial charge in [0, 0.05) is 18.3 Å². The van der Waals surface area contributed by atoms with E-state index in [1.165, 1.54) is 50.8 Å². The van der Waals surface area contributed by atoms with Gasteiger partial charge >= 0.3 is 0 Å². The lowest BCUT2D eigenvalue weighted by molar-refractivity contribution is 0.234. The summed E-state index contributed by atoms with van der Waals surface area (Å²) in [7, 11) is 0. The van der Waals surface area contributed by atoms with E-state index in [0.29, 0.717) is 0 Å². The molecule has 2 aliphatic rings. The zero-order chi connectivity index (χ0) is 12.3. The second kappa shape index (κ2) is 5.75. The van der Waals surface area contributed by atoms with E-state index in [9.17, 15) is 0 Å². The number of rotatable bonds is 4. The van der Waals surface area contributed by atoms with E-state index in [0.717, 1.165) is 17.9 Å². The van der Waals surface area contributed by atoms with Gasteiger partial charge in [0.25, 0.3) is 0 Å². The molecule has 2 rings (SSSR count). The SMILES string of the molecule is C=C1CCC(C)N1CC1CC=CC(CCC)C1. The molecule has 0 aromatic carbocycles. The second-order valence-electron chi connectivity index (χ2n) is 5.92. The van der Waals surface area contributed by atoms with Crippen molar-refractivity contribution in [3.8, 4) is 0 Å². The third-order valence-corrected chi connectivity index (χ3v) is 4.42. The van der Waals surface area contributed by atoms with E-state index in [4.69, 9.17) is 0 Å². The van der Waals surface area contributed by atoms with E-state index in [2.05, 4.69) is 37.5 Å². The summed E-state index contributed by atoms with van der Waals surface area (Å²) in [6.45, 7) is 10.1. The van der Waals surface area contributed by atoms with Crippen LogP contribution >= 0.6 is 0 Å². The highest BCUT2D eigenvalue weighted by molar-refractivity contribution is 5.05. The fraction of sp³-hybridized carbons (Fsp3) is 0.750. The maximum atomic E-state index is 4.21. The Balaban J connectivity index is 1.87. The van der Waals surface area contributed by atoms with Gasteiger partial charge in [0.15, 0.2) is 0 Å². The van der Waals surface area contributed by atoms with Crippen molar-refractivity contribution in [2.45, 2.75) is 58.4 Å². The molecule has 96 valence electrons. The first-order valence-electron chi connectivity index (χ1n) is 7.31. The molecule has 1 nitrogen and oxygen atoms in total. The largest absolute Gasteiger partial charge is 0.372 e. The van der Waals surface area contributed by atoms with E-state index >= 15 is 0 Å². The number of likely N-dealkylation sites (tertiary alicyclic amines) is 1. The molecule has 17 heavy (non-hydrogen) atoms. The molecular formula is C16H27N. The number of hydrogen-bond acceptors (Lipinski definition) is 1. The van der Waals surface area contributed by atoms with Crippen LogP contribution in [0.3, 0.4) is 0 Å². The van der Waals surface area contributed by atoms with Gasteiger partial charge in [0.1, 0.15) is 0 Å². The van der Waals surface area contributed by atoms with Crippen molar-refractivity contribution in [3.05, 3.63) is 24.4 Å². The topological polar surface area (TPSA) is 3.24 Å². The van der Waals surface area contributed by atoms with Crippen molar-refractivity contribution in [2.24, 2.45) is 11.8 Å². The van der Waals surface area contributed by atoms with Crippen LogP contribution in [-0.4, -0.2) is 17.5 Å². The number of allylic oxidation sites excluding steroid dienone is 3. The number of nitrogens with zero attached hydrogens (tertiary/aromatic N) is 1. The molecule has 3 unspecified atom stereocenters. The summed E-state index contributed by atoms with van der Waals surface area (Å²) in [6, 6.07) is 0.720. The van der Waals surface area contributed by atoms with Crippen molar-refractivity contribution in [1.29, 1.82) is 0 Å². The van der Waals surface area contributed by atoms with Crippen LogP contribution < -0.4 is 0 Å². The normalized spacial score (nSPS) is 33.4. The van der Waals surface area contributed by atoms with E-state index in [-0.39, 0.29) is 0 Å². The molecule has 1 heterocycles. The summed E-state index contributed by atoms with van der Waals surface area (Å²) < 4.78 is 0. The quantitative estimate of drug-likeness (QED) is 0.652. The highest BCUT2D eigenvalue weighted by Crippen LogP contribution is 2.32. The van der Waals surface area contributed by atoms with Gasteiger partial charge in [-0.05, 0) is 50.9 Å². The molecule has 0 aromatic rings. The van der Waals surface area contributed by atoms with Gasteiger partial charge in [0.2, 0.25) is 0 Å². The van der Waals surface area contributed by atoms with E-state index < -0.39 is 0 Å². The van der Waals surface area contributed by atoms with Crippen LogP contribution in [0.5, 0.6) is 0 Å². The van der Waals surface area contributed by atoms with Crippen LogP contribution in [0.2, 0.25) is 0 Å². The Bertz CT molecular complexity index is 292. The summed E-state index contributed by atoms with van der Waals surface area (Å²) in [5.41, 5.74) is 1.37. The predicted molar refractivity (Wildman–Crippen MR) is 74.8 cm³/mol. The van der Waals surface area contributed by atoms with Gasteiger partial charge in [-0.2, -0.15) is 0 Å². The van der Waals surface area contributed by atoms with Crippen molar-refractivity contribution in [2.75, 3.05) is 6.54 Å².